The fourth-order valence-electron chi connectivity index (χ4n) is 3.32. The van der Waals surface area contributed by atoms with Crippen molar-refractivity contribution in [3.8, 4) is 5.75 Å². The van der Waals surface area contributed by atoms with Gasteiger partial charge in [-0.15, -0.1) is 0 Å². The van der Waals surface area contributed by atoms with Crippen molar-refractivity contribution < 1.29 is 24.0 Å². The van der Waals surface area contributed by atoms with Crippen molar-refractivity contribution in [3.63, 3.8) is 0 Å². The van der Waals surface area contributed by atoms with Gasteiger partial charge in [0, 0.05) is 17.2 Å². The van der Waals surface area contributed by atoms with Crippen LogP contribution in [-0.2, 0) is 16.2 Å². The van der Waals surface area contributed by atoms with E-state index in [0.717, 1.165) is 10.5 Å². The fraction of sp³-hybridized carbons (Fsp3) is 0.0417. The van der Waals surface area contributed by atoms with Crippen LogP contribution in [0.4, 0.5) is 16.2 Å². The summed E-state index contributed by atoms with van der Waals surface area (Å²) < 4.78 is 7.14. The lowest BCUT2D eigenvalue weighted by Gasteiger charge is -2.26. The smallest absolute Gasteiger partial charge is 0.335 e. The van der Waals surface area contributed by atoms with Crippen molar-refractivity contribution >= 4 is 85.4 Å². The summed E-state index contributed by atoms with van der Waals surface area (Å²) in [4.78, 5) is 49.1. The third-order valence-electron chi connectivity index (χ3n) is 5.05. The van der Waals surface area contributed by atoms with E-state index in [2.05, 4.69) is 43.8 Å². The number of urea groups is 1. The topological polar surface area (TPSA) is 119 Å². The van der Waals surface area contributed by atoms with Crippen LogP contribution in [0.5, 0.6) is 5.75 Å². The lowest BCUT2D eigenvalue weighted by atomic mass is 10.1. The molecule has 1 heterocycles. The number of carbonyl (C=O) groups excluding carboxylic acids is 3. The standard InChI is InChI=1S/C24H14BrClIN3O6/c25-19-10-14(11-20(27)21(19)36-12-13-1-5-17(6-2-13)30(34)35)9-18-22(31)28-24(33)29(23(18)32)16-7-3-15(26)4-8-16/h1-11H,12H2,(H,28,31,33)/b18-9+. The lowest BCUT2D eigenvalue weighted by molar-refractivity contribution is -0.384. The Balaban J connectivity index is 1.57. The molecule has 1 saturated heterocycles. The minimum absolute atomic E-state index is 0.00970. The highest BCUT2D eigenvalue weighted by atomic mass is 127. The molecule has 1 fully saturated rings. The zero-order valence-corrected chi connectivity index (χ0v) is 22.5. The summed E-state index contributed by atoms with van der Waals surface area (Å²) >= 11 is 11.4. The molecule has 1 aliphatic rings. The minimum Gasteiger partial charge on any atom is -0.487 e. The Morgan fingerprint density at radius 1 is 1.08 bits per heavy atom. The number of barbiturate groups is 1. The minimum atomic E-state index is -0.852. The predicted octanol–water partition coefficient (Wildman–Crippen LogP) is 5.86. The number of nitrogens with one attached hydrogen (secondary N) is 1. The Hall–Kier alpha value is -3.29. The quantitative estimate of drug-likeness (QED) is 0.114. The SMILES string of the molecule is O=C1NC(=O)N(c2ccc(Cl)cc2)C(=O)/C1=C/c1cc(Br)c(OCc2ccc([N+](=O)[O-])cc2)c(I)c1. The number of nitrogens with zero attached hydrogens (tertiary/aromatic N) is 2. The molecular weight excluding hydrogens is 669 g/mol. The van der Waals surface area contributed by atoms with E-state index in [4.69, 9.17) is 16.3 Å². The van der Waals surface area contributed by atoms with Gasteiger partial charge in [-0.3, -0.25) is 25.0 Å². The van der Waals surface area contributed by atoms with Gasteiger partial charge in [-0.1, -0.05) is 11.6 Å². The van der Waals surface area contributed by atoms with Gasteiger partial charge in [-0.25, -0.2) is 9.69 Å². The molecule has 0 unspecified atom stereocenters. The van der Waals surface area contributed by atoms with Crippen molar-refractivity contribution in [2.75, 3.05) is 4.90 Å². The molecule has 0 bridgehead atoms. The van der Waals surface area contributed by atoms with Crippen molar-refractivity contribution in [3.05, 3.63) is 101 Å². The van der Waals surface area contributed by atoms with Gasteiger partial charge in [0.15, 0.2) is 0 Å². The monoisotopic (exact) mass is 681 g/mol. The van der Waals surface area contributed by atoms with Crippen LogP contribution in [0.3, 0.4) is 0 Å². The molecule has 36 heavy (non-hydrogen) atoms. The molecule has 9 nitrogen and oxygen atoms in total. The number of carbonyl (C=O) groups is 3. The number of non-ortho nitro benzene ring substituents is 1. The van der Waals surface area contributed by atoms with E-state index in [1.807, 2.05) is 0 Å². The van der Waals surface area contributed by atoms with Crippen LogP contribution in [0, 0.1) is 13.7 Å². The summed E-state index contributed by atoms with van der Waals surface area (Å²) in [5.74, 6) is -1.05. The first-order valence-electron chi connectivity index (χ1n) is 10.2. The molecular formula is C24H14BrClIN3O6. The Bertz CT molecular complexity index is 1400. The summed E-state index contributed by atoms with van der Waals surface area (Å²) in [7, 11) is 0. The Kier molecular flexibility index (Phi) is 7.71. The molecule has 0 aliphatic carbocycles. The molecule has 1 aliphatic heterocycles. The first-order valence-corrected chi connectivity index (χ1v) is 12.4. The van der Waals surface area contributed by atoms with Gasteiger partial charge in [0.2, 0.25) is 0 Å². The third kappa shape index (κ3) is 5.58. The number of halogens is 3. The summed E-state index contributed by atoms with van der Waals surface area (Å²) in [6.07, 6.45) is 1.39. The molecule has 0 saturated carbocycles. The zero-order valence-electron chi connectivity index (χ0n) is 18.0. The molecule has 4 rings (SSSR count). The van der Waals surface area contributed by atoms with Crippen LogP contribution >= 0.6 is 50.1 Å². The first kappa shape index (κ1) is 25.8. The number of nitro benzene ring substituents is 1. The van der Waals surface area contributed by atoms with Gasteiger partial charge in [-0.05, 0) is 104 Å². The van der Waals surface area contributed by atoms with Gasteiger partial charge in [0.05, 0.1) is 18.7 Å². The van der Waals surface area contributed by atoms with Crippen molar-refractivity contribution in [2.24, 2.45) is 0 Å². The van der Waals surface area contributed by atoms with Crippen LogP contribution < -0.4 is 15.0 Å². The second kappa shape index (κ2) is 10.8. The van der Waals surface area contributed by atoms with Crippen LogP contribution in [0.2, 0.25) is 5.02 Å². The average molecular weight is 683 g/mol. The number of ether oxygens (including phenoxy) is 1. The number of amides is 4. The summed E-state index contributed by atoms with van der Waals surface area (Å²) in [5, 5.41) is 13.4. The van der Waals surface area contributed by atoms with E-state index in [1.165, 1.54) is 42.5 Å². The molecule has 0 atom stereocenters. The summed E-state index contributed by atoms with van der Waals surface area (Å²) in [6.45, 7) is 0.173. The van der Waals surface area contributed by atoms with E-state index >= 15 is 0 Å². The van der Waals surface area contributed by atoms with E-state index in [-0.39, 0.29) is 23.6 Å². The van der Waals surface area contributed by atoms with E-state index in [1.54, 1.807) is 24.3 Å². The first-order chi connectivity index (χ1) is 17.1. The van der Waals surface area contributed by atoms with E-state index in [9.17, 15) is 24.5 Å². The van der Waals surface area contributed by atoms with E-state index < -0.39 is 22.8 Å². The lowest BCUT2D eigenvalue weighted by Crippen LogP contribution is -2.54. The van der Waals surface area contributed by atoms with Gasteiger partial charge < -0.3 is 4.74 Å². The average Bonchev–Trinajstić information content (AvgIpc) is 2.82. The highest BCUT2D eigenvalue weighted by Gasteiger charge is 2.36. The Morgan fingerprint density at radius 3 is 2.36 bits per heavy atom. The van der Waals surface area contributed by atoms with Crippen molar-refractivity contribution in [1.29, 1.82) is 0 Å². The van der Waals surface area contributed by atoms with Crippen molar-refractivity contribution in [2.45, 2.75) is 6.61 Å². The van der Waals surface area contributed by atoms with Crippen LogP contribution in [0.1, 0.15) is 11.1 Å². The maximum atomic E-state index is 13.1. The number of anilines is 1. The molecule has 4 amide bonds. The van der Waals surface area contributed by atoms with Crippen LogP contribution in [-0.4, -0.2) is 22.8 Å². The largest absolute Gasteiger partial charge is 0.487 e. The number of hydrogen-bond acceptors (Lipinski definition) is 6. The second-order valence-electron chi connectivity index (χ2n) is 7.46. The fourth-order valence-corrected chi connectivity index (χ4v) is 5.21. The second-order valence-corrected chi connectivity index (χ2v) is 9.91. The Labute approximate surface area is 231 Å². The highest BCUT2D eigenvalue weighted by molar-refractivity contribution is 14.1. The van der Waals surface area contributed by atoms with Gasteiger partial charge >= 0.3 is 6.03 Å². The number of rotatable bonds is 6. The molecule has 3 aromatic rings. The zero-order chi connectivity index (χ0) is 26.0. The maximum Gasteiger partial charge on any atom is 0.335 e. The highest BCUT2D eigenvalue weighted by Crippen LogP contribution is 2.34. The molecule has 182 valence electrons. The number of imide groups is 2. The van der Waals surface area contributed by atoms with Crippen LogP contribution in [0.15, 0.2) is 70.7 Å². The number of nitro groups is 1. The van der Waals surface area contributed by atoms with Gasteiger partial charge in [0.1, 0.15) is 17.9 Å². The molecule has 0 radical (unpaired) electrons. The molecule has 0 aromatic heterocycles. The number of hydrogen-bond donors (Lipinski definition) is 1. The molecule has 1 N–H and O–H groups in total. The molecule has 12 heteroatoms. The molecule has 3 aromatic carbocycles. The Morgan fingerprint density at radius 2 is 1.75 bits per heavy atom. The van der Waals surface area contributed by atoms with Gasteiger partial charge in [-0.2, -0.15) is 0 Å². The van der Waals surface area contributed by atoms with Crippen molar-refractivity contribution in [1.82, 2.24) is 5.32 Å². The van der Waals surface area contributed by atoms with E-state index in [0.29, 0.717) is 24.4 Å². The van der Waals surface area contributed by atoms with Gasteiger partial charge in [0.25, 0.3) is 17.5 Å². The summed E-state index contributed by atoms with van der Waals surface area (Å²) in [6, 6.07) is 14.6. The maximum absolute atomic E-state index is 13.1. The number of benzene rings is 3. The third-order valence-corrected chi connectivity index (χ3v) is 6.69. The summed E-state index contributed by atoms with van der Waals surface area (Å²) in [5.41, 5.74) is 1.31. The normalized spacial score (nSPS) is 14.7. The predicted molar refractivity (Wildman–Crippen MR) is 145 cm³/mol. The van der Waals surface area contributed by atoms with Crippen LogP contribution in [0.25, 0.3) is 6.08 Å². The molecule has 0 spiro atoms.